The maximum absolute atomic E-state index is 12.1. The predicted octanol–water partition coefficient (Wildman–Crippen LogP) is 2.45. The number of ether oxygens (including phenoxy) is 2. The molecule has 0 radical (unpaired) electrons. The summed E-state index contributed by atoms with van der Waals surface area (Å²) >= 11 is 0. The molecule has 0 spiro atoms. The molecule has 29 heavy (non-hydrogen) atoms. The molecular weight excluding hydrogens is 487 g/mol. The monoisotopic (exact) mass is 528 g/mol. The minimum Gasteiger partial charge on any atom is -0.444 e. The molecule has 0 saturated carbocycles. The lowest BCUT2D eigenvalue weighted by molar-refractivity contribution is 0.0278. The van der Waals surface area contributed by atoms with Crippen molar-refractivity contribution in [3.05, 3.63) is 0 Å². The number of nitrogens with one attached hydrogen (secondary N) is 2. The molecule has 0 aromatic rings. The van der Waals surface area contributed by atoms with Gasteiger partial charge in [0.1, 0.15) is 5.60 Å². The van der Waals surface area contributed by atoms with E-state index in [4.69, 9.17) is 14.5 Å². The molecule has 1 heterocycles. The standard InChI is InChI=1S/C20H40N4O4.HI/c1-7-21-17(23-14-20(8-10-25)9-11-27-15-20)22-12-16(2)13-24(6)18(26)28-19(3,4)5;/h16,25H,7-15H2,1-6H3,(H2,21,22,23);1H. The van der Waals surface area contributed by atoms with Gasteiger partial charge in [0.15, 0.2) is 5.96 Å². The van der Waals surface area contributed by atoms with Crippen molar-refractivity contribution in [3.63, 3.8) is 0 Å². The summed E-state index contributed by atoms with van der Waals surface area (Å²) in [4.78, 5) is 18.4. The molecule has 1 aliphatic heterocycles. The van der Waals surface area contributed by atoms with Crippen LogP contribution in [0.1, 0.15) is 47.5 Å². The van der Waals surface area contributed by atoms with Crippen LogP contribution in [-0.2, 0) is 9.47 Å². The number of aliphatic hydroxyl groups is 1. The molecule has 172 valence electrons. The number of halogens is 1. The minimum absolute atomic E-state index is 0. The van der Waals surface area contributed by atoms with Gasteiger partial charge in [-0.15, -0.1) is 24.0 Å². The Morgan fingerprint density at radius 1 is 1.38 bits per heavy atom. The molecule has 1 rings (SSSR count). The molecule has 8 nitrogen and oxygen atoms in total. The fourth-order valence-corrected chi connectivity index (χ4v) is 3.09. The number of guanidine groups is 1. The van der Waals surface area contributed by atoms with Crippen molar-refractivity contribution in [2.75, 3.05) is 53.0 Å². The van der Waals surface area contributed by atoms with Gasteiger partial charge in [-0.1, -0.05) is 6.92 Å². The Labute approximate surface area is 193 Å². The van der Waals surface area contributed by atoms with Gasteiger partial charge in [-0.3, -0.25) is 4.99 Å². The fraction of sp³-hybridized carbons (Fsp3) is 0.900. The van der Waals surface area contributed by atoms with E-state index in [9.17, 15) is 9.90 Å². The molecule has 0 aliphatic carbocycles. The van der Waals surface area contributed by atoms with Crippen molar-refractivity contribution in [2.45, 2.75) is 53.1 Å². The highest BCUT2D eigenvalue weighted by Gasteiger charge is 2.34. The molecule has 9 heteroatoms. The molecule has 2 unspecified atom stereocenters. The minimum atomic E-state index is -0.494. The third kappa shape index (κ3) is 11.2. The highest BCUT2D eigenvalue weighted by atomic mass is 127. The topological polar surface area (TPSA) is 95.4 Å². The normalized spacial score (nSPS) is 20.6. The lowest BCUT2D eigenvalue weighted by Crippen LogP contribution is -2.43. The molecule has 2 atom stereocenters. The number of hydrogen-bond acceptors (Lipinski definition) is 5. The fourth-order valence-electron chi connectivity index (χ4n) is 3.09. The predicted molar refractivity (Wildman–Crippen MR) is 127 cm³/mol. The van der Waals surface area contributed by atoms with E-state index in [-0.39, 0.29) is 48.0 Å². The summed E-state index contributed by atoms with van der Waals surface area (Å²) in [5, 5.41) is 16.0. The van der Waals surface area contributed by atoms with Crippen molar-refractivity contribution in [1.29, 1.82) is 0 Å². The van der Waals surface area contributed by atoms with Crippen LogP contribution in [0.3, 0.4) is 0 Å². The Morgan fingerprint density at radius 2 is 2.07 bits per heavy atom. The van der Waals surface area contributed by atoms with Crippen LogP contribution < -0.4 is 10.6 Å². The van der Waals surface area contributed by atoms with Crippen LogP contribution in [0.4, 0.5) is 4.79 Å². The Bertz CT molecular complexity index is 505. The molecule has 1 fully saturated rings. The summed E-state index contributed by atoms with van der Waals surface area (Å²) in [6.45, 7) is 13.9. The van der Waals surface area contributed by atoms with Gasteiger partial charge < -0.3 is 30.1 Å². The third-order valence-electron chi connectivity index (χ3n) is 4.65. The van der Waals surface area contributed by atoms with E-state index in [1.807, 2.05) is 27.7 Å². The molecule has 0 aromatic carbocycles. The summed E-state index contributed by atoms with van der Waals surface area (Å²) < 4.78 is 10.9. The van der Waals surface area contributed by atoms with Crippen LogP contribution >= 0.6 is 24.0 Å². The first-order valence-corrected chi connectivity index (χ1v) is 10.3. The Balaban J connectivity index is 0.00000784. The highest BCUT2D eigenvalue weighted by Crippen LogP contribution is 2.32. The van der Waals surface area contributed by atoms with E-state index in [2.05, 4.69) is 17.6 Å². The first-order valence-electron chi connectivity index (χ1n) is 10.3. The summed E-state index contributed by atoms with van der Waals surface area (Å²) in [5.74, 6) is 0.973. The van der Waals surface area contributed by atoms with Crippen LogP contribution in [0.2, 0.25) is 0 Å². The Morgan fingerprint density at radius 3 is 2.59 bits per heavy atom. The van der Waals surface area contributed by atoms with Crippen LogP contribution in [0.25, 0.3) is 0 Å². The van der Waals surface area contributed by atoms with Gasteiger partial charge in [0.05, 0.1) is 13.2 Å². The average molecular weight is 528 g/mol. The lowest BCUT2D eigenvalue weighted by Gasteiger charge is -2.27. The zero-order chi connectivity index (χ0) is 21.2. The summed E-state index contributed by atoms with van der Waals surface area (Å²) in [7, 11) is 1.75. The summed E-state index contributed by atoms with van der Waals surface area (Å²) in [6, 6.07) is 0. The van der Waals surface area contributed by atoms with Crippen LogP contribution in [0, 0.1) is 11.3 Å². The molecule has 0 bridgehead atoms. The van der Waals surface area contributed by atoms with E-state index >= 15 is 0 Å². The Hall–Kier alpha value is -0.810. The number of rotatable bonds is 9. The van der Waals surface area contributed by atoms with Gasteiger partial charge in [-0.25, -0.2) is 4.79 Å². The largest absolute Gasteiger partial charge is 0.444 e. The Kier molecular flexibility index (Phi) is 13.1. The number of carbonyl (C=O) groups is 1. The van der Waals surface area contributed by atoms with Crippen LogP contribution in [0.5, 0.6) is 0 Å². The van der Waals surface area contributed by atoms with Gasteiger partial charge >= 0.3 is 6.09 Å². The van der Waals surface area contributed by atoms with Gasteiger partial charge in [-0.05, 0) is 46.5 Å². The molecule has 1 amide bonds. The van der Waals surface area contributed by atoms with Crippen molar-refractivity contribution >= 4 is 36.0 Å². The zero-order valence-corrected chi connectivity index (χ0v) is 21.2. The van der Waals surface area contributed by atoms with Crippen molar-refractivity contribution in [1.82, 2.24) is 15.5 Å². The van der Waals surface area contributed by atoms with Crippen molar-refractivity contribution in [2.24, 2.45) is 16.3 Å². The molecule has 1 aliphatic rings. The maximum atomic E-state index is 12.1. The number of aliphatic imine (C=N–C) groups is 1. The van der Waals surface area contributed by atoms with Crippen LogP contribution in [-0.4, -0.2) is 80.7 Å². The highest BCUT2D eigenvalue weighted by molar-refractivity contribution is 14.0. The van der Waals surface area contributed by atoms with E-state index < -0.39 is 5.60 Å². The van der Waals surface area contributed by atoms with Gasteiger partial charge in [0.2, 0.25) is 0 Å². The second-order valence-electron chi connectivity index (χ2n) is 8.82. The molecular formula is C20H41IN4O4. The molecule has 0 aromatic heterocycles. The van der Waals surface area contributed by atoms with Gasteiger partial charge in [-0.2, -0.15) is 0 Å². The SMILES string of the molecule is CCNC(=NCC1(CCO)CCOC1)NCC(C)CN(C)C(=O)OC(C)(C)C.I. The van der Waals surface area contributed by atoms with Gasteiger partial charge in [0, 0.05) is 45.3 Å². The van der Waals surface area contributed by atoms with E-state index in [1.54, 1.807) is 11.9 Å². The smallest absolute Gasteiger partial charge is 0.410 e. The molecule has 3 N–H and O–H groups in total. The summed E-state index contributed by atoms with van der Waals surface area (Å²) in [6.07, 6.45) is 1.31. The second kappa shape index (κ2) is 13.5. The maximum Gasteiger partial charge on any atom is 0.410 e. The number of hydrogen-bond donors (Lipinski definition) is 3. The average Bonchev–Trinajstić information content (AvgIpc) is 3.05. The number of nitrogens with zero attached hydrogens (tertiary/aromatic N) is 2. The van der Waals surface area contributed by atoms with Crippen LogP contribution in [0.15, 0.2) is 4.99 Å². The zero-order valence-electron chi connectivity index (χ0n) is 18.9. The first-order chi connectivity index (χ1) is 13.1. The van der Waals surface area contributed by atoms with Gasteiger partial charge in [0.25, 0.3) is 0 Å². The third-order valence-corrected chi connectivity index (χ3v) is 4.65. The van der Waals surface area contributed by atoms with E-state index in [0.717, 1.165) is 25.5 Å². The van der Waals surface area contributed by atoms with Crippen molar-refractivity contribution in [3.8, 4) is 0 Å². The second-order valence-corrected chi connectivity index (χ2v) is 8.82. The lowest BCUT2D eigenvalue weighted by atomic mass is 9.84. The number of carbonyl (C=O) groups excluding carboxylic acids is 1. The van der Waals surface area contributed by atoms with Crippen molar-refractivity contribution < 1.29 is 19.4 Å². The summed E-state index contributed by atoms with van der Waals surface area (Å²) in [5.41, 5.74) is -0.564. The molecule has 1 saturated heterocycles. The number of amides is 1. The number of aliphatic hydroxyl groups excluding tert-OH is 1. The quantitative estimate of drug-likeness (QED) is 0.242. The first kappa shape index (κ1) is 28.2. The van der Waals surface area contributed by atoms with E-state index in [1.165, 1.54) is 0 Å². The van der Waals surface area contributed by atoms with E-state index in [0.29, 0.717) is 32.7 Å².